The molecule has 5 N–H and O–H groups in total. The Morgan fingerprint density at radius 3 is 2.75 bits per heavy atom. The summed E-state index contributed by atoms with van der Waals surface area (Å²) in [7, 11) is 0. The summed E-state index contributed by atoms with van der Waals surface area (Å²) in [6.45, 7) is 0.177. The average Bonchev–Trinajstić information content (AvgIpc) is 2.14. The van der Waals surface area contributed by atoms with Crippen molar-refractivity contribution in [2.75, 3.05) is 0 Å². The Morgan fingerprint density at radius 2 is 2.19 bits per heavy atom. The summed E-state index contributed by atoms with van der Waals surface area (Å²) >= 11 is 0. The normalized spacial score (nSPS) is 8.81. The van der Waals surface area contributed by atoms with E-state index in [1.807, 2.05) is 5.32 Å². The molecular weight excluding hydrogens is 235 g/mol. The third-order valence-corrected chi connectivity index (χ3v) is 1.59. The minimum absolute atomic E-state index is 0. The van der Waals surface area contributed by atoms with Gasteiger partial charge in [0.2, 0.25) is 0 Å². The summed E-state index contributed by atoms with van der Waals surface area (Å²) in [4.78, 5) is 11.0. The number of nitrogens with one attached hydrogen (secondary N) is 3. The van der Waals surface area contributed by atoms with Gasteiger partial charge in [-0.05, 0) is 17.7 Å². The maximum Gasteiger partial charge on any atom is 0.321 e. The van der Waals surface area contributed by atoms with Crippen LogP contribution in [-0.4, -0.2) is 12.0 Å². The Bertz CT molecular complexity index is 386. The fourth-order valence-electron chi connectivity index (χ4n) is 0.996. The third kappa shape index (κ3) is 5.16. The predicted octanol–water partition coefficient (Wildman–Crippen LogP) is 0.940. The summed E-state index contributed by atoms with van der Waals surface area (Å²) in [5.41, 5.74) is 5.57. The van der Waals surface area contributed by atoms with Crippen LogP contribution in [0.1, 0.15) is 5.56 Å². The number of benzene rings is 1. The minimum Gasteiger partial charge on any atom is -0.370 e. The number of rotatable bonds is 2. The Labute approximate surface area is 98.1 Å². The van der Waals surface area contributed by atoms with Crippen molar-refractivity contribution in [1.82, 2.24) is 10.6 Å². The van der Waals surface area contributed by atoms with E-state index in [9.17, 15) is 9.18 Å². The molecule has 7 heteroatoms. The molecule has 0 aliphatic heterocycles. The standard InChI is InChI=1S/C9H11FN4O.ClH/c10-7-3-1-2-6(4-7)5-13-9(15)14-8(11)12;/h1-4H,5H2,(H5,11,12,13,14,15);1H. The van der Waals surface area contributed by atoms with Crippen LogP contribution in [0, 0.1) is 11.2 Å². The van der Waals surface area contributed by atoms with Crippen LogP contribution in [0.25, 0.3) is 0 Å². The van der Waals surface area contributed by atoms with Gasteiger partial charge in [-0.3, -0.25) is 10.7 Å². The molecule has 0 saturated carbocycles. The first-order valence-electron chi connectivity index (χ1n) is 4.21. The molecule has 1 rings (SSSR count). The van der Waals surface area contributed by atoms with Crippen LogP contribution in [0.5, 0.6) is 0 Å². The van der Waals surface area contributed by atoms with Crippen LogP contribution in [-0.2, 0) is 6.54 Å². The van der Waals surface area contributed by atoms with Gasteiger partial charge in [-0.1, -0.05) is 12.1 Å². The number of amides is 2. The first-order chi connectivity index (χ1) is 7.08. The lowest BCUT2D eigenvalue weighted by atomic mass is 10.2. The van der Waals surface area contributed by atoms with Crippen molar-refractivity contribution in [3.8, 4) is 0 Å². The summed E-state index contributed by atoms with van der Waals surface area (Å²) in [6, 6.07) is 5.27. The van der Waals surface area contributed by atoms with Gasteiger partial charge in [0.15, 0.2) is 5.96 Å². The average molecular weight is 247 g/mol. The number of hydrogen-bond donors (Lipinski definition) is 4. The molecule has 0 aliphatic rings. The number of hydrogen-bond acceptors (Lipinski definition) is 2. The number of carbonyl (C=O) groups excluding carboxylic acids is 1. The second-order valence-corrected chi connectivity index (χ2v) is 2.85. The van der Waals surface area contributed by atoms with Gasteiger partial charge in [0.05, 0.1) is 0 Å². The van der Waals surface area contributed by atoms with E-state index >= 15 is 0 Å². The van der Waals surface area contributed by atoms with Crippen molar-refractivity contribution in [3.63, 3.8) is 0 Å². The highest BCUT2D eigenvalue weighted by molar-refractivity contribution is 5.93. The van der Waals surface area contributed by atoms with Gasteiger partial charge in [-0.25, -0.2) is 9.18 Å². The van der Waals surface area contributed by atoms with Crippen LogP contribution in [0.15, 0.2) is 24.3 Å². The molecule has 1 aromatic carbocycles. The Kier molecular flexibility index (Phi) is 5.87. The Balaban J connectivity index is 0.00000225. The number of carbonyl (C=O) groups is 1. The summed E-state index contributed by atoms with van der Waals surface area (Å²) < 4.78 is 12.7. The molecule has 5 nitrogen and oxygen atoms in total. The SMILES string of the molecule is Cl.N=C(N)NC(=O)NCc1cccc(F)c1. The Morgan fingerprint density at radius 1 is 1.50 bits per heavy atom. The molecule has 2 amide bonds. The molecule has 0 spiro atoms. The highest BCUT2D eigenvalue weighted by Gasteiger charge is 2.01. The van der Waals surface area contributed by atoms with E-state index in [2.05, 4.69) is 5.32 Å². The number of urea groups is 1. The maximum atomic E-state index is 12.7. The van der Waals surface area contributed by atoms with E-state index in [4.69, 9.17) is 11.1 Å². The van der Waals surface area contributed by atoms with E-state index in [0.717, 1.165) is 0 Å². The van der Waals surface area contributed by atoms with Crippen LogP contribution < -0.4 is 16.4 Å². The summed E-state index contributed by atoms with van der Waals surface area (Å²) in [5.74, 6) is -0.798. The molecule has 0 atom stereocenters. The third-order valence-electron chi connectivity index (χ3n) is 1.59. The van der Waals surface area contributed by atoms with Crippen molar-refractivity contribution in [1.29, 1.82) is 5.41 Å². The zero-order chi connectivity index (χ0) is 11.3. The van der Waals surface area contributed by atoms with Crippen molar-refractivity contribution >= 4 is 24.4 Å². The Hall–Kier alpha value is -1.82. The van der Waals surface area contributed by atoms with Crippen LogP contribution >= 0.6 is 12.4 Å². The van der Waals surface area contributed by atoms with E-state index in [1.54, 1.807) is 12.1 Å². The smallest absolute Gasteiger partial charge is 0.321 e. The molecule has 0 aromatic heterocycles. The van der Waals surface area contributed by atoms with Crippen LogP contribution in [0.2, 0.25) is 0 Å². The van der Waals surface area contributed by atoms with Crippen molar-refractivity contribution in [2.45, 2.75) is 6.54 Å². The van der Waals surface area contributed by atoms with Gasteiger partial charge >= 0.3 is 6.03 Å². The van der Waals surface area contributed by atoms with Gasteiger partial charge in [-0.2, -0.15) is 0 Å². The topological polar surface area (TPSA) is 91.0 Å². The predicted molar refractivity (Wildman–Crippen MR) is 60.9 cm³/mol. The molecule has 0 saturated heterocycles. The lowest BCUT2D eigenvalue weighted by Gasteiger charge is -2.05. The van der Waals surface area contributed by atoms with Gasteiger partial charge in [0.25, 0.3) is 0 Å². The lowest BCUT2D eigenvalue weighted by molar-refractivity contribution is 0.245. The lowest BCUT2D eigenvalue weighted by Crippen LogP contribution is -2.42. The van der Waals surface area contributed by atoms with Gasteiger partial charge in [0.1, 0.15) is 5.82 Å². The number of guanidine groups is 1. The fourth-order valence-corrected chi connectivity index (χ4v) is 0.996. The molecule has 0 radical (unpaired) electrons. The molecule has 0 aliphatic carbocycles. The number of nitrogens with two attached hydrogens (primary N) is 1. The van der Waals surface area contributed by atoms with Gasteiger partial charge in [-0.15, -0.1) is 12.4 Å². The maximum absolute atomic E-state index is 12.7. The van der Waals surface area contributed by atoms with Gasteiger partial charge in [0, 0.05) is 6.54 Å². The van der Waals surface area contributed by atoms with E-state index in [0.29, 0.717) is 5.56 Å². The minimum atomic E-state index is -0.591. The molecule has 88 valence electrons. The van der Waals surface area contributed by atoms with Gasteiger partial charge < -0.3 is 11.1 Å². The van der Waals surface area contributed by atoms with E-state index in [1.165, 1.54) is 12.1 Å². The van der Waals surface area contributed by atoms with Crippen LogP contribution in [0.3, 0.4) is 0 Å². The molecule has 0 bridgehead atoms. The van der Waals surface area contributed by atoms with Crippen molar-refractivity contribution < 1.29 is 9.18 Å². The second kappa shape index (κ2) is 6.62. The molecule has 0 fully saturated rings. The second-order valence-electron chi connectivity index (χ2n) is 2.85. The first-order valence-corrected chi connectivity index (χ1v) is 4.21. The summed E-state index contributed by atoms with van der Waals surface area (Å²) in [5, 5.41) is 11.3. The van der Waals surface area contributed by atoms with Crippen molar-refractivity contribution in [3.05, 3.63) is 35.6 Å². The largest absolute Gasteiger partial charge is 0.370 e. The monoisotopic (exact) mass is 246 g/mol. The molecule has 0 unspecified atom stereocenters. The first kappa shape index (κ1) is 14.2. The summed E-state index contributed by atoms with van der Waals surface area (Å²) in [6.07, 6.45) is 0. The molecule has 16 heavy (non-hydrogen) atoms. The zero-order valence-electron chi connectivity index (χ0n) is 8.29. The van der Waals surface area contributed by atoms with Crippen molar-refractivity contribution in [2.24, 2.45) is 5.73 Å². The molecule has 1 aromatic rings. The highest BCUT2D eigenvalue weighted by atomic mass is 35.5. The quantitative estimate of drug-likeness (QED) is 0.462. The molecular formula is C9H12ClFN4O. The highest BCUT2D eigenvalue weighted by Crippen LogP contribution is 2.02. The van der Waals surface area contributed by atoms with E-state index < -0.39 is 12.0 Å². The zero-order valence-corrected chi connectivity index (χ0v) is 9.10. The van der Waals surface area contributed by atoms with Crippen LogP contribution in [0.4, 0.5) is 9.18 Å². The number of halogens is 2. The van der Waals surface area contributed by atoms with E-state index in [-0.39, 0.29) is 24.8 Å². The molecule has 0 heterocycles. The fraction of sp³-hybridized carbons (Fsp3) is 0.111.